The van der Waals surface area contributed by atoms with Crippen LogP contribution in [0.3, 0.4) is 0 Å². The van der Waals surface area contributed by atoms with Gasteiger partial charge in [0.15, 0.2) is 0 Å². The molecule has 0 heterocycles. The Bertz CT molecular complexity index is 450. The Morgan fingerprint density at radius 2 is 1.91 bits per heavy atom. The van der Waals surface area contributed by atoms with E-state index in [0.29, 0.717) is 16.7 Å². The Labute approximate surface area is 141 Å². The molecule has 0 aromatic rings. The van der Waals surface area contributed by atoms with Gasteiger partial charge in [-0.25, -0.2) is 0 Å². The van der Waals surface area contributed by atoms with Crippen LogP contribution in [0.2, 0.25) is 0 Å². The molecule has 3 heteroatoms. The fourth-order valence-corrected chi connectivity index (χ4v) is 5.24. The second-order valence-electron chi connectivity index (χ2n) is 8.27. The molecule has 2 rings (SSSR count). The van der Waals surface area contributed by atoms with Crippen molar-refractivity contribution in [3.05, 3.63) is 24.0 Å². The van der Waals surface area contributed by atoms with Crippen LogP contribution in [0.15, 0.2) is 24.0 Å². The van der Waals surface area contributed by atoms with Crippen molar-refractivity contribution in [3.63, 3.8) is 0 Å². The number of fused-ring (bicyclic) bond motifs is 1. The topological polar surface area (TPSA) is 57.5 Å². The van der Waals surface area contributed by atoms with Crippen molar-refractivity contribution in [1.29, 1.82) is 0 Å². The normalized spacial score (nSPS) is 33.2. The first-order chi connectivity index (χ1) is 10.7. The van der Waals surface area contributed by atoms with Crippen molar-refractivity contribution >= 4 is 6.47 Å². The molecular weight excluding hydrogens is 288 g/mol. The van der Waals surface area contributed by atoms with E-state index >= 15 is 0 Å². The van der Waals surface area contributed by atoms with Gasteiger partial charge in [0.05, 0.1) is 6.26 Å². The first-order valence-electron chi connectivity index (χ1n) is 8.78. The number of carboxylic acid groups (broad SMARTS) is 1. The van der Waals surface area contributed by atoms with Gasteiger partial charge in [0, 0.05) is 0 Å². The van der Waals surface area contributed by atoms with Crippen LogP contribution in [0.4, 0.5) is 0 Å². The van der Waals surface area contributed by atoms with Gasteiger partial charge in [0.25, 0.3) is 6.47 Å². The molecule has 0 aliphatic heterocycles. The molecule has 23 heavy (non-hydrogen) atoms. The molecule has 132 valence electrons. The van der Waals surface area contributed by atoms with Crippen LogP contribution in [-0.4, -0.2) is 16.7 Å². The summed E-state index contributed by atoms with van der Waals surface area (Å²) in [5.41, 5.74) is 3.46. The number of hydrogen-bond acceptors (Lipinski definition) is 2. The van der Waals surface area contributed by atoms with Gasteiger partial charge in [-0.2, -0.15) is 0 Å². The third-order valence-corrected chi connectivity index (χ3v) is 6.37. The van der Waals surface area contributed by atoms with E-state index in [1.807, 2.05) is 6.92 Å². The Morgan fingerprint density at radius 1 is 1.30 bits per heavy atom. The highest BCUT2D eigenvalue weighted by atomic mass is 16.3. The van der Waals surface area contributed by atoms with E-state index in [-0.39, 0.29) is 6.47 Å². The molecule has 2 saturated carbocycles. The number of allylic oxidation sites excluding steroid dienone is 2. The van der Waals surface area contributed by atoms with Crippen LogP contribution in [-0.2, 0) is 4.79 Å². The number of rotatable bonds is 3. The van der Waals surface area contributed by atoms with E-state index in [9.17, 15) is 0 Å². The molecule has 3 atom stereocenters. The molecule has 3 unspecified atom stereocenters. The molecule has 0 aromatic carbocycles. The number of carbonyl (C=O) groups is 1. The van der Waals surface area contributed by atoms with Crippen molar-refractivity contribution in [2.24, 2.45) is 22.7 Å². The van der Waals surface area contributed by atoms with Gasteiger partial charge in [0.2, 0.25) is 0 Å². The molecular formula is C20H34O3. The van der Waals surface area contributed by atoms with Crippen LogP contribution < -0.4 is 0 Å². The summed E-state index contributed by atoms with van der Waals surface area (Å²) in [4.78, 5) is 8.36. The Kier molecular flexibility index (Phi) is 6.91. The molecule has 2 aliphatic carbocycles. The minimum absolute atomic E-state index is 0.250. The minimum Gasteiger partial charge on any atom is -0.516 e. The molecule has 0 saturated heterocycles. The highest BCUT2D eigenvalue weighted by Crippen LogP contribution is 2.61. The molecule has 0 amide bonds. The van der Waals surface area contributed by atoms with Crippen molar-refractivity contribution in [3.8, 4) is 0 Å². The minimum atomic E-state index is -0.250. The summed E-state index contributed by atoms with van der Waals surface area (Å²) in [6.07, 6.45) is 10.1. The summed E-state index contributed by atoms with van der Waals surface area (Å²) in [5.74, 6) is 1.47. The fourth-order valence-electron chi connectivity index (χ4n) is 5.24. The van der Waals surface area contributed by atoms with Gasteiger partial charge in [-0.3, -0.25) is 4.79 Å². The maximum atomic E-state index is 9.13. The van der Waals surface area contributed by atoms with Crippen molar-refractivity contribution in [2.75, 3.05) is 0 Å². The van der Waals surface area contributed by atoms with Crippen molar-refractivity contribution < 1.29 is 15.0 Å². The van der Waals surface area contributed by atoms with Gasteiger partial charge in [-0.15, -0.1) is 0 Å². The molecule has 0 spiro atoms. The summed E-state index contributed by atoms with van der Waals surface area (Å²) < 4.78 is 0. The monoisotopic (exact) mass is 322 g/mol. The third-order valence-electron chi connectivity index (χ3n) is 6.37. The van der Waals surface area contributed by atoms with Crippen molar-refractivity contribution in [2.45, 2.75) is 72.6 Å². The van der Waals surface area contributed by atoms with Crippen molar-refractivity contribution in [1.82, 2.24) is 0 Å². The van der Waals surface area contributed by atoms with E-state index in [2.05, 4.69) is 27.4 Å². The van der Waals surface area contributed by atoms with E-state index in [1.54, 1.807) is 0 Å². The van der Waals surface area contributed by atoms with Gasteiger partial charge >= 0.3 is 0 Å². The zero-order valence-corrected chi connectivity index (χ0v) is 15.3. The van der Waals surface area contributed by atoms with Crippen LogP contribution in [0.1, 0.15) is 72.6 Å². The average molecular weight is 322 g/mol. The second kappa shape index (κ2) is 8.03. The fraction of sp³-hybridized carbons (Fsp3) is 0.750. The lowest BCUT2D eigenvalue weighted by Crippen LogP contribution is -2.49. The van der Waals surface area contributed by atoms with Crippen LogP contribution in [0, 0.1) is 22.7 Å². The van der Waals surface area contributed by atoms with E-state index in [0.717, 1.165) is 24.3 Å². The SMILES string of the molecule is C=C1CCC2C(C)(C)CCCC2(C)C1CCC(C)=CO.O=CO. The number of aliphatic hydroxyl groups is 1. The summed E-state index contributed by atoms with van der Waals surface area (Å²) in [7, 11) is 0. The maximum absolute atomic E-state index is 9.13. The van der Waals surface area contributed by atoms with E-state index in [4.69, 9.17) is 15.0 Å². The Morgan fingerprint density at radius 3 is 2.48 bits per heavy atom. The molecule has 2 N–H and O–H groups in total. The Balaban J connectivity index is 0.000000816. The molecule has 0 aromatic heterocycles. The molecule has 0 bridgehead atoms. The smallest absolute Gasteiger partial charge is 0.290 e. The van der Waals surface area contributed by atoms with Crippen LogP contribution in [0.5, 0.6) is 0 Å². The lowest BCUT2D eigenvalue weighted by Gasteiger charge is -2.58. The second-order valence-corrected chi connectivity index (χ2v) is 8.27. The Hall–Kier alpha value is -1.25. The van der Waals surface area contributed by atoms with Crippen LogP contribution >= 0.6 is 0 Å². The molecule has 3 nitrogen and oxygen atoms in total. The standard InChI is InChI=1S/C19H32O.CH2O2/c1-14(13-20)7-9-16-15(2)8-10-17-18(3,4)11-6-12-19(16,17)5;2-1-3/h13,16-17,20H,2,6-12H2,1,3-5H3;1H,(H,2,3). The average Bonchev–Trinajstić information content (AvgIpc) is 2.46. The lowest BCUT2D eigenvalue weighted by atomic mass is 9.47. The predicted molar refractivity (Wildman–Crippen MR) is 95.4 cm³/mol. The number of hydrogen-bond donors (Lipinski definition) is 2. The van der Waals surface area contributed by atoms with Crippen LogP contribution in [0.25, 0.3) is 0 Å². The first-order valence-corrected chi connectivity index (χ1v) is 8.78. The van der Waals surface area contributed by atoms with E-state index in [1.165, 1.54) is 43.9 Å². The lowest BCUT2D eigenvalue weighted by molar-refractivity contribution is -0.122. The quantitative estimate of drug-likeness (QED) is 0.396. The highest BCUT2D eigenvalue weighted by Gasteiger charge is 2.52. The summed E-state index contributed by atoms with van der Waals surface area (Å²) in [6.45, 7) is 13.6. The van der Waals surface area contributed by atoms with Gasteiger partial charge < -0.3 is 10.2 Å². The molecule has 0 radical (unpaired) electrons. The molecule has 2 fully saturated rings. The van der Waals surface area contributed by atoms with Gasteiger partial charge in [-0.05, 0) is 73.7 Å². The summed E-state index contributed by atoms with van der Waals surface area (Å²) in [5, 5.41) is 16.0. The number of aliphatic hydroxyl groups excluding tert-OH is 1. The maximum Gasteiger partial charge on any atom is 0.290 e. The largest absolute Gasteiger partial charge is 0.516 e. The summed E-state index contributed by atoms with van der Waals surface area (Å²) in [6, 6.07) is 0. The van der Waals surface area contributed by atoms with Gasteiger partial charge in [-0.1, -0.05) is 39.3 Å². The zero-order valence-electron chi connectivity index (χ0n) is 15.3. The third kappa shape index (κ3) is 4.39. The summed E-state index contributed by atoms with van der Waals surface area (Å²) >= 11 is 0. The highest BCUT2D eigenvalue weighted by molar-refractivity contribution is 5.32. The molecule has 2 aliphatic rings. The first kappa shape index (κ1) is 19.8. The van der Waals surface area contributed by atoms with Gasteiger partial charge in [0.1, 0.15) is 0 Å². The zero-order chi connectivity index (χ0) is 17.7. The predicted octanol–water partition coefficient (Wildman–Crippen LogP) is 5.73. The van der Waals surface area contributed by atoms with E-state index < -0.39 is 0 Å².